The van der Waals surface area contributed by atoms with Gasteiger partial charge >= 0.3 is 11.9 Å². The molecule has 1 saturated heterocycles. The lowest BCUT2D eigenvalue weighted by Crippen LogP contribution is -2.66. The van der Waals surface area contributed by atoms with Crippen molar-refractivity contribution in [3.05, 3.63) is 11.6 Å². The third-order valence-corrected chi connectivity index (χ3v) is 10.2. The molecule has 1 heterocycles. The summed E-state index contributed by atoms with van der Waals surface area (Å²) in [5, 5.41) is 31.3. The van der Waals surface area contributed by atoms with Gasteiger partial charge in [-0.3, -0.25) is 14.4 Å². The summed E-state index contributed by atoms with van der Waals surface area (Å²) < 4.78 is 6.50. The van der Waals surface area contributed by atoms with Crippen LogP contribution in [-0.2, 0) is 19.1 Å². The Morgan fingerprint density at radius 2 is 1.90 bits per heavy atom. The van der Waals surface area contributed by atoms with E-state index in [4.69, 9.17) is 4.74 Å². The van der Waals surface area contributed by atoms with Crippen molar-refractivity contribution in [2.45, 2.75) is 89.4 Å². The van der Waals surface area contributed by atoms with Crippen LogP contribution in [0.25, 0.3) is 0 Å². The maximum absolute atomic E-state index is 12.7. The van der Waals surface area contributed by atoms with Crippen LogP contribution in [0.1, 0.15) is 72.1 Å². The number of epoxide rings is 1. The Kier molecular flexibility index (Phi) is 4.08. The van der Waals surface area contributed by atoms with E-state index in [0.29, 0.717) is 38.5 Å². The van der Waals surface area contributed by atoms with E-state index in [-0.39, 0.29) is 42.0 Å². The highest BCUT2D eigenvalue weighted by Crippen LogP contribution is 2.79. The van der Waals surface area contributed by atoms with E-state index >= 15 is 0 Å². The zero-order chi connectivity index (χ0) is 22.6. The van der Waals surface area contributed by atoms with Crippen molar-refractivity contribution in [1.82, 2.24) is 0 Å². The number of hydrogen-bond acceptors (Lipinski definition) is 5. The average molecular weight is 433 g/mol. The summed E-state index contributed by atoms with van der Waals surface area (Å²) in [4.78, 5) is 36.2. The molecular formula is C24H32O7. The summed E-state index contributed by atoms with van der Waals surface area (Å²) in [6, 6.07) is 0. The smallest absolute Gasteiger partial charge is 0.310 e. The number of aliphatic carboxylic acids is 2. The Labute approximate surface area is 181 Å². The molecule has 0 unspecified atom stereocenters. The third-order valence-electron chi connectivity index (χ3n) is 10.2. The van der Waals surface area contributed by atoms with Crippen LogP contribution in [0, 0.1) is 28.1 Å². The molecule has 5 aliphatic rings. The molecule has 3 saturated carbocycles. The third kappa shape index (κ3) is 2.34. The van der Waals surface area contributed by atoms with Crippen molar-refractivity contribution >= 4 is 17.7 Å². The van der Waals surface area contributed by atoms with Crippen LogP contribution in [0.2, 0.25) is 0 Å². The van der Waals surface area contributed by atoms with Crippen molar-refractivity contribution in [2.24, 2.45) is 28.1 Å². The summed E-state index contributed by atoms with van der Waals surface area (Å²) in [6.45, 7) is 5.92. The van der Waals surface area contributed by atoms with Gasteiger partial charge in [0.25, 0.3) is 0 Å². The van der Waals surface area contributed by atoms with Gasteiger partial charge in [-0.15, -0.1) is 0 Å². The van der Waals surface area contributed by atoms with E-state index < -0.39 is 34.0 Å². The second kappa shape index (κ2) is 5.98. The molecule has 0 aromatic carbocycles. The number of aliphatic hydroxyl groups is 1. The lowest BCUT2D eigenvalue weighted by molar-refractivity contribution is -0.176. The van der Waals surface area contributed by atoms with Gasteiger partial charge in [-0.25, -0.2) is 0 Å². The van der Waals surface area contributed by atoms with E-state index in [1.807, 2.05) is 6.92 Å². The Hall–Kier alpha value is -1.73. The first-order valence-corrected chi connectivity index (χ1v) is 11.4. The number of ether oxygens (including phenoxy) is 1. The highest BCUT2D eigenvalue weighted by atomic mass is 16.6. The Bertz CT molecular complexity index is 925. The molecule has 1 spiro atoms. The molecule has 0 amide bonds. The van der Waals surface area contributed by atoms with Crippen LogP contribution < -0.4 is 0 Å². The average Bonchev–Trinajstić information content (AvgIpc) is 3.34. The number of fused-ring (bicyclic) bond motifs is 3. The van der Waals surface area contributed by atoms with Gasteiger partial charge in [0, 0.05) is 29.6 Å². The molecule has 5 rings (SSSR count). The van der Waals surface area contributed by atoms with Gasteiger partial charge in [0.1, 0.15) is 5.60 Å². The van der Waals surface area contributed by atoms with Crippen molar-refractivity contribution in [3.63, 3.8) is 0 Å². The largest absolute Gasteiger partial charge is 0.481 e. The minimum Gasteiger partial charge on any atom is -0.481 e. The number of rotatable bonds is 4. The molecule has 3 N–H and O–H groups in total. The maximum atomic E-state index is 12.7. The van der Waals surface area contributed by atoms with Gasteiger partial charge in [-0.05, 0) is 57.4 Å². The predicted molar refractivity (Wildman–Crippen MR) is 109 cm³/mol. The molecular weight excluding hydrogens is 400 g/mol. The Balaban J connectivity index is 1.63. The second-order valence-corrected chi connectivity index (χ2v) is 11.4. The van der Waals surface area contributed by atoms with Crippen LogP contribution >= 0.6 is 0 Å². The lowest BCUT2D eigenvalue weighted by atomic mass is 9.40. The van der Waals surface area contributed by atoms with Crippen LogP contribution in [-0.4, -0.2) is 50.3 Å². The first-order valence-electron chi connectivity index (χ1n) is 11.4. The number of carboxylic acids is 2. The lowest BCUT2D eigenvalue weighted by Gasteiger charge is -2.61. The highest BCUT2D eigenvalue weighted by Gasteiger charge is 2.84. The van der Waals surface area contributed by atoms with Crippen LogP contribution in [0.3, 0.4) is 0 Å². The molecule has 8 atom stereocenters. The highest BCUT2D eigenvalue weighted by molar-refractivity contribution is 5.92. The quantitative estimate of drug-likeness (QED) is 0.583. The van der Waals surface area contributed by atoms with Crippen molar-refractivity contribution in [2.75, 3.05) is 0 Å². The first kappa shape index (κ1) is 21.1. The first-order chi connectivity index (χ1) is 14.3. The van der Waals surface area contributed by atoms with Gasteiger partial charge in [-0.2, -0.15) is 0 Å². The summed E-state index contributed by atoms with van der Waals surface area (Å²) >= 11 is 0. The van der Waals surface area contributed by atoms with Gasteiger partial charge in [-0.1, -0.05) is 19.4 Å². The molecule has 4 fully saturated rings. The molecule has 0 radical (unpaired) electrons. The molecule has 7 nitrogen and oxygen atoms in total. The van der Waals surface area contributed by atoms with Crippen LogP contribution in [0.15, 0.2) is 11.6 Å². The Morgan fingerprint density at radius 1 is 1.19 bits per heavy atom. The van der Waals surface area contributed by atoms with E-state index in [9.17, 15) is 29.7 Å². The van der Waals surface area contributed by atoms with Gasteiger partial charge in [0.05, 0.1) is 17.1 Å². The topological polar surface area (TPSA) is 124 Å². The van der Waals surface area contributed by atoms with Gasteiger partial charge in [0.2, 0.25) is 0 Å². The van der Waals surface area contributed by atoms with Gasteiger partial charge in [0.15, 0.2) is 5.78 Å². The molecule has 31 heavy (non-hydrogen) atoms. The van der Waals surface area contributed by atoms with E-state index in [0.717, 1.165) is 5.57 Å². The number of hydrogen-bond donors (Lipinski definition) is 3. The molecule has 1 aliphatic heterocycles. The number of carboxylic acid groups (broad SMARTS) is 2. The van der Waals surface area contributed by atoms with Gasteiger partial charge < -0.3 is 20.1 Å². The summed E-state index contributed by atoms with van der Waals surface area (Å²) in [7, 11) is 0. The van der Waals surface area contributed by atoms with Crippen LogP contribution in [0.4, 0.5) is 0 Å². The van der Waals surface area contributed by atoms with E-state index in [1.165, 1.54) is 0 Å². The number of carbonyl (C=O) groups is 3. The fourth-order valence-electron chi connectivity index (χ4n) is 8.41. The van der Waals surface area contributed by atoms with Crippen molar-refractivity contribution in [3.8, 4) is 0 Å². The molecule has 0 aromatic rings. The molecule has 4 aliphatic carbocycles. The molecule has 7 heteroatoms. The SMILES string of the molecule is C[C@@]1(C(=O)O)CC2=CC(=O)CC[C@]2(C)[C@]23O[C@H]2C[C@@]2(C)[C@H](CC[C@@]2(O)CCC(=O)O)[C@H]31. The minimum atomic E-state index is -1.15. The summed E-state index contributed by atoms with van der Waals surface area (Å²) in [5.41, 5.74) is -2.97. The molecule has 0 bridgehead atoms. The minimum absolute atomic E-state index is 0.0526. The molecule has 170 valence electrons. The summed E-state index contributed by atoms with van der Waals surface area (Å²) in [6.07, 6.45) is 4.69. The standard InChI is InChI=1S/C24H32O7/c1-20(19(28)29)11-13-10-14(25)4-7-21(13,2)24-16(31-24)12-22(3)15(18(20)24)5-8-23(22,30)9-6-17(26)27/h10,15-16,18,30H,4-9,11-12H2,1-3H3,(H,26,27)(H,28,29)/t15-,16+,18+,20-,21+,22+,23-,24+/m1/s1. The summed E-state index contributed by atoms with van der Waals surface area (Å²) in [5.74, 6) is -2.15. The fraction of sp³-hybridized carbons (Fsp3) is 0.792. The zero-order valence-corrected chi connectivity index (χ0v) is 18.4. The number of carbonyl (C=O) groups excluding carboxylic acids is 1. The predicted octanol–water partition coefficient (Wildman–Crippen LogP) is 2.95. The molecule has 0 aromatic heterocycles. The van der Waals surface area contributed by atoms with E-state index in [2.05, 4.69) is 6.92 Å². The normalized spacial score (nSPS) is 52.3. The second-order valence-electron chi connectivity index (χ2n) is 11.4. The monoisotopic (exact) mass is 432 g/mol. The Morgan fingerprint density at radius 3 is 2.55 bits per heavy atom. The van der Waals surface area contributed by atoms with Crippen molar-refractivity contribution in [1.29, 1.82) is 0 Å². The fourth-order valence-corrected chi connectivity index (χ4v) is 8.41. The van der Waals surface area contributed by atoms with E-state index in [1.54, 1.807) is 13.0 Å². The zero-order valence-electron chi connectivity index (χ0n) is 18.4. The van der Waals surface area contributed by atoms with Crippen LogP contribution in [0.5, 0.6) is 0 Å². The number of ketones is 1. The van der Waals surface area contributed by atoms with Crippen molar-refractivity contribution < 1.29 is 34.4 Å². The maximum Gasteiger partial charge on any atom is 0.310 e.